The van der Waals surface area contributed by atoms with Crippen LogP contribution < -0.4 is 10.6 Å². The molecule has 0 spiro atoms. The summed E-state index contributed by atoms with van der Waals surface area (Å²) in [6, 6.07) is 13.5. The predicted octanol–water partition coefficient (Wildman–Crippen LogP) is 4.81. The highest BCUT2D eigenvalue weighted by atomic mass is 32.2. The SMILES string of the molecule is CCNc1ccc(-c2cc(NC3CCN([S@@+](C)[O-])CC3)c3cnccc3c2)cc1C. The number of rotatable bonds is 6. The molecule has 2 N–H and O–H groups in total. The van der Waals surface area contributed by atoms with E-state index in [9.17, 15) is 4.55 Å². The van der Waals surface area contributed by atoms with E-state index < -0.39 is 11.4 Å². The lowest BCUT2D eigenvalue weighted by Crippen LogP contribution is -2.41. The fraction of sp³-hybridized carbons (Fsp3) is 0.375. The summed E-state index contributed by atoms with van der Waals surface area (Å²) in [4.78, 5) is 4.35. The lowest BCUT2D eigenvalue weighted by Gasteiger charge is -2.31. The van der Waals surface area contributed by atoms with Crippen molar-refractivity contribution >= 4 is 33.5 Å². The number of hydrogen-bond acceptors (Lipinski definition) is 5. The Morgan fingerprint density at radius 1 is 1.10 bits per heavy atom. The summed E-state index contributed by atoms with van der Waals surface area (Å²) >= 11 is -0.880. The quantitative estimate of drug-likeness (QED) is 0.558. The van der Waals surface area contributed by atoms with Crippen LogP contribution in [0.5, 0.6) is 0 Å². The zero-order valence-electron chi connectivity index (χ0n) is 17.9. The van der Waals surface area contributed by atoms with Crippen LogP contribution in [0.15, 0.2) is 48.8 Å². The van der Waals surface area contributed by atoms with Crippen LogP contribution in [-0.4, -0.2) is 45.8 Å². The summed E-state index contributed by atoms with van der Waals surface area (Å²) in [7, 11) is 0. The van der Waals surface area contributed by atoms with Crippen LogP contribution in [0.4, 0.5) is 11.4 Å². The van der Waals surface area contributed by atoms with Crippen LogP contribution in [0.3, 0.4) is 0 Å². The predicted molar refractivity (Wildman–Crippen MR) is 128 cm³/mol. The molecule has 0 radical (unpaired) electrons. The molecule has 1 aliphatic heterocycles. The first-order valence-electron chi connectivity index (χ1n) is 10.6. The third kappa shape index (κ3) is 4.56. The lowest BCUT2D eigenvalue weighted by atomic mass is 9.97. The number of nitrogens with one attached hydrogen (secondary N) is 2. The van der Waals surface area contributed by atoms with Gasteiger partial charge in [0, 0.05) is 66.2 Å². The van der Waals surface area contributed by atoms with Gasteiger partial charge in [-0.3, -0.25) is 4.98 Å². The molecule has 0 bridgehead atoms. The summed E-state index contributed by atoms with van der Waals surface area (Å²) in [5, 5.41) is 9.50. The van der Waals surface area contributed by atoms with Crippen molar-refractivity contribution in [2.75, 3.05) is 36.5 Å². The Balaban J connectivity index is 1.64. The number of piperidine rings is 1. The smallest absolute Gasteiger partial charge is 0.115 e. The van der Waals surface area contributed by atoms with Gasteiger partial charge in [0.2, 0.25) is 0 Å². The van der Waals surface area contributed by atoms with Gasteiger partial charge in [0.15, 0.2) is 0 Å². The van der Waals surface area contributed by atoms with Gasteiger partial charge in [-0.2, -0.15) is 0 Å². The van der Waals surface area contributed by atoms with E-state index in [2.05, 4.69) is 65.9 Å². The molecule has 5 nitrogen and oxygen atoms in total. The van der Waals surface area contributed by atoms with Gasteiger partial charge in [0.05, 0.1) is 0 Å². The highest BCUT2D eigenvalue weighted by molar-refractivity contribution is 7.88. The van der Waals surface area contributed by atoms with Crippen molar-refractivity contribution in [3.63, 3.8) is 0 Å². The summed E-state index contributed by atoms with van der Waals surface area (Å²) < 4.78 is 13.8. The highest BCUT2D eigenvalue weighted by Crippen LogP contribution is 2.33. The molecule has 1 aliphatic rings. The van der Waals surface area contributed by atoms with E-state index in [4.69, 9.17) is 0 Å². The first-order chi connectivity index (χ1) is 14.5. The van der Waals surface area contributed by atoms with Crippen LogP contribution in [-0.2, 0) is 11.4 Å². The molecule has 0 aliphatic carbocycles. The third-order valence-corrected chi connectivity index (χ3v) is 6.95. The van der Waals surface area contributed by atoms with E-state index in [1.165, 1.54) is 27.8 Å². The number of benzene rings is 2. The fourth-order valence-electron chi connectivity index (χ4n) is 4.19. The van der Waals surface area contributed by atoms with E-state index in [1.54, 1.807) is 6.26 Å². The van der Waals surface area contributed by atoms with Crippen molar-refractivity contribution in [3.05, 3.63) is 54.4 Å². The van der Waals surface area contributed by atoms with Crippen molar-refractivity contribution in [2.45, 2.75) is 32.7 Å². The number of aryl methyl sites for hydroxylation is 1. The summed E-state index contributed by atoms with van der Waals surface area (Å²) in [6.07, 6.45) is 7.53. The molecule has 0 unspecified atom stereocenters. The molecular weight excluding hydrogens is 392 g/mol. The third-order valence-electron chi connectivity index (χ3n) is 5.86. The second kappa shape index (κ2) is 9.25. The number of aromatic nitrogens is 1. The van der Waals surface area contributed by atoms with Gasteiger partial charge < -0.3 is 15.2 Å². The molecule has 2 heterocycles. The average Bonchev–Trinajstić information content (AvgIpc) is 2.75. The largest absolute Gasteiger partial charge is 0.598 e. The van der Waals surface area contributed by atoms with Gasteiger partial charge in [-0.1, -0.05) is 6.07 Å². The maximum atomic E-state index is 11.7. The Bertz CT molecular complexity index is 1020. The van der Waals surface area contributed by atoms with Crippen LogP contribution in [0, 0.1) is 6.92 Å². The molecule has 158 valence electrons. The molecule has 0 amide bonds. The molecular formula is C24H30N4OS. The lowest BCUT2D eigenvalue weighted by molar-refractivity contribution is 0.332. The summed E-state index contributed by atoms with van der Waals surface area (Å²) in [5.74, 6) is 0. The molecule has 30 heavy (non-hydrogen) atoms. The zero-order chi connectivity index (χ0) is 21.1. The summed E-state index contributed by atoms with van der Waals surface area (Å²) in [5.41, 5.74) is 5.98. The molecule has 1 atom stereocenters. The second-order valence-corrected chi connectivity index (χ2v) is 9.32. The average molecular weight is 423 g/mol. The first-order valence-corrected chi connectivity index (χ1v) is 12.1. The van der Waals surface area contributed by atoms with Crippen LogP contribution in [0.2, 0.25) is 0 Å². The molecule has 1 saturated heterocycles. The number of anilines is 2. The Morgan fingerprint density at radius 3 is 2.60 bits per heavy atom. The number of hydrogen-bond donors (Lipinski definition) is 2. The van der Waals surface area contributed by atoms with Crippen LogP contribution >= 0.6 is 0 Å². The van der Waals surface area contributed by atoms with E-state index >= 15 is 0 Å². The molecule has 1 fully saturated rings. The van der Waals surface area contributed by atoms with Crippen molar-refractivity contribution < 1.29 is 4.55 Å². The Hall–Kier alpha value is -2.28. The van der Waals surface area contributed by atoms with Gasteiger partial charge in [-0.05, 0) is 79.1 Å². The molecule has 1 aromatic heterocycles. The highest BCUT2D eigenvalue weighted by Gasteiger charge is 2.24. The maximum Gasteiger partial charge on any atom is 0.115 e. The van der Waals surface area contributed by atoms with Crippen molar-refractivity contribution in [1.82, 2.24) is 9.29 Å². The van der Waals surface area contributed by atoms with Gasteiger partial charge in [0.1, 0.15) is 6.26 Å². The van der Waals surface area contributed by atoms with Gasteiger partial charge >= 0.3 is 0 Å². The number of fused-ring (bicyclic) bond motifs is 1. The van der Waals surface area contributed by atoms with E-state index in [-0.39, 0.29) is 0 Å². The van der Waals surface area contributed by atoms with E-state index in [0.717, 1.165) is 43.5 Å². The van der Waals surface area contributed by atoms with Gasteiger partial charge in [0.25, 0.3) is 0 Å². The van der Waals surface area contributed by atoms with E-state index in [1.807, 2.05) is 16.7 Å². The second-order valence-electron chi connectivity index (χ2n) is 7.95. The van der Waals surface area contributed by atoms with Crippen LogP contribution in [0.1, 0.15) is 25.3 Å². The Kier molecular flexibility index (Phi) is 6.46. The molecule has 0 saturated carbocycles. The van der Waals surface area contributed by atoms with E-state index in [0.29, 0.717) is 6.04 Å². The summed E-state index contributed by atoms with van der Waals surface area (Å²) in [6.45, 7) is 6.91. The van der Waals surface area contributed by atoms with Gasteiger partial charge in [-0.25, -0.2) is 0 Å². The number of nitrogens with zero attached hydrogens (tertiary/aromatic N) is 2. The van der Waals surface area contributed by atoms with Crippen molar-refractivity contribution in [1.29, 1.82) is 0 Å². The van der Waals surface area contributed by atoms with Gasteiger partial charge in [-0.15, -0.1) is 4.31 Å². The monoisotopic (exact) mass is 422 g/mol. The molecule has 3 aromatic rings. The standard InChI is InChI=1S/C24H30N4OS/c1-4-26-23-6-5-18(13-17(23)2)20-14-19-7-10-25-16-22(19)24(15-20)27-21-8-11-28(12-9-21)30(3)29/h5-7,10,13-16,21,26-27H,4,8-9,11-12H2,1-3H3/t30-/m1/s1. The minimum absolute atomic E-state index is 0.376. The minimum Gasteiger partial charge on any atom is -0.598 e. The van der Waals surface area contributed by atoms with Crippen LogP contribution in [0.25, 0.3) is 21.9 Å². The minimum atomic E-state index is -0.880. The zero-order valence-corrected chi connectivity index (χ0v) is 18.8. The maximum absolute atomic E-state index is 11.7. The molecule has 4 rings (SSSR count). The van der Waals surface area contributed by atoms with Crippen molar-refractivity contribution in [2.24, 2.45) is 0 Å². The molecule has 6 heteroatoms. The first kappa shape index (κ1) is 21.0. The fourth-order valence-corrected chi connectivity index (χ4v) is 4.92. The normalized spacial score (nSPS) is 16.5. The Morgan fingerprint density at radius 2 is 1.90 bits per heavy atom. The number of pyridine rings is 1. The molecule has 2 aromatic carbocycles. The van der Waals surface area contributed by atoms with Crippen molar-refractivity contribution in [3.8, 4) is 11.1 Å². The Labute approximate surface area is 182 Å². The topological polar surface area (TPSA) is 63.2 Å².